The molecule has 30 heavy (non-hydrogen) atoms. The number of amides is 1. The van der Waals surface area contributed by atoms with Gasteiger partial charge in [-0.25, -0.2) is 9.67 Å². The molecule has 0 aliphatic rings. The summed E-state index contributed by atoms with van der Waals surface area (Å²) >= 11 is 0. The van der Waals surface area contributed by atoms with Crippen LogP contribution in [0.15, 0.2) is 71.5 Å². The molecule has 4 rings (SSSR count). The van der Waals surface area contributed by atoms with E-state index in [0.717, 1.165) is 11.0 Å². The van der Waals surface area contributed by atoms with Crippen molar-refractivity contribution in [2.24, 2.45) is 0 Å². The van der Waals surface area contributed by atoms with Crippen molar-refractivity contribution in [3.05, 3.63) is 88.6 Å². The lowest BCUT2D eigenvalue weighted by Crippen LogP contribution is -2.32. The van der Waals surface area contributed by atoms with Gasteiger partial charge in [0, 0.05) is 6.07 Å². The van der Waals surface area contributed by atoms with Crippen LogP contribution >= 0.6 is 0 Å². The minimum absolute atomic E-state index is 0.150. The SMILES string of the molecule is C[C@@H](NC(=O)c1ccc(=O)n(CCOc2ccccc2)n1)c1nc2ccccc2[nH]1. The van der Waals surface area contributed by atoms with Crippen LogP contribution in [0.4, 0.5) is 0 Å². The molecule has 2 aromatic heterocycles. The zero-order valence-corrected chi connectivity index (χ0v) is 16.4. The Morgan fingerprint density at radius 3 is 2.67 bits per heavy atom. The van der Waals surface area contributed by atoms with Gasteiger partial charge in [-0.15, -0.1) is 0 Å². The van der Waals surface area contributed by atoms with Crippen molar-refractivity contribution >= 4 is 16.9 Å². The summed E-state index contributed by atoms with van der Waals surface area (Å²) in [5, 5.41) is 7.03. The number of hydrogen-bond acceptors (Lipinski definition) is 5. The number of carbonyl (C=O) groups excluding carboxylic acids is 1. The minimum atomic E-state index is -0.388. The lowest BCUT2D eigenvalue weighted by atomic mass is 10.3. The quantitative estimate of drug-likeness (QED) is 0.494. The lowest BCUT2D eigenvalue weighted by molar-refractivity contribution is 0.0930. The van der Waals surface area contributed by atoms with Crippen molar-refractivity contribution in [1.82, 2.24) is 25.1 Å². The predicted molar refractivity (Wildman–Crippen MR) is 112 cm³/mol. The summed E-state index contributed by atoms with van der Waals surface area (Å²) in [6, 6.07) is 19.3. The van der Waals surface area contributed by atoms with Gasteiger partial charge in [-0.2, -0.15) is 5.10 Å². The molecule has 0 aliphatic heterocycles. The van der Waals surface area contributed by atoms with E-state index >= 15 is 0 Å². The first-order valence-corrected chi connectivity index (χ1v) is 9.62. The van der Waals surface area contributed by atoms with Gasteiger partial charge in [-0.3, -0.25) is 9.59 Å². The van der Waals surface area contributed by atoms with Gasteiger partial charge in [0.15, 0.2) is 0 Å². The highest BCUT2D eigenvalue weighted by Crippen LogP contribution is 2.15. The molecule has 2 aromatic carbocycles. The number of benzene rings is 2. The molecule has 0 fully saturated rings. The zero-order valence-electron chi connectivity index (χ0n) is 16.4. The van der Waals surface area contributed by atoms with Crippen molar-refractivity contribution in [3.63, 3.8) is 0 Å². The molecular weight excluding hydrogens is 382 g/mol. The third-order valence-corrected chi connectivity index (χ3v) is 4.58. The largest absolute Gasteiger partial charge is 0.492 e. The summed E-state index contributed by atoms with van der Waals surface area (Å²) in [5.74, 6) is 0.967. The van der Waals surface area contributed by atoms with E-state index in [0.29, 0.717) is 11.6 Å². The van der Waals surface area contributed by atoms with Crippen molar-refractivity contribution in [2.45, 2.75) is 19.5 Å². The first kappa shape index (κ1) is 19.4. The fraction of sp³-hybridized carbons (Fsp3) is 0.182. The smallest absolute Gasteiger partial charge is 0.272 e. The van der Waals surface area contributed by atoms with Crippen LogP contribution in [0.25, 0.3) is 11.0 Å². The Hall–Kier alpha value is -3.94. The summed E-state index contributed by atoms with van der Waals surface area (Å²) in [4.78, 5) is 32.4. The monoisotopic (exact) mass is 403 g/mol. The number of nitrogens with zero attached hydrogens (tertiary/aromatic N) is 3. The van der Waals surface area contributed by atoms with Crippen molar-refractivity contribution < 1.29 is 9.53 Å². The topological polar surface area (TPSA) is 102 Å². The van der Waals surface area contributed by atoms with E-state index < -0.39 is 0 Å². The van der Waals surface area contributed by atoms with E-state index in [1.807, 2.05) is 61.5 Å². The van der Waals surface area contributed by atoms with Crippen molar-refractivity contribution in [3.8, 4) is 5.75 Å². The Morgan fingerprint density at radius 2 is 1.87 bits per heavy atom. The summed E-state index contributed by atoms with van der Waals surface area (Å²) in [5.41, 5.74) is 1.59. The molecule has 8 heteroatoms. The summed E-state index contributed by atoms with van der Waals surface area (Å²) in [6.45, 7) is 2.32. The standard InChI is InChI=1S/C22H21N5O3/c1-15(21-24-17-9-5-6-10-18(17)25-21)23-22(29)19-11-12-20(28)27(26-19)13-14-30-16-7-3-2-4-8-16/h2-12,15H,13-14H2,1H3,(H,23,29)(H,24,25)/t15-/m1/s1. The van der Waals surface area contributed by atoms with E-state index in [-0.39, 0.29) is 36.4 Å². The number of H-pyrrole nitrogens is 1. The van der Waals surface area contributed by atoms with Gasteiger partial charge in [-0.1, -0.05) is 30.3 Å². The van der Waals surface area contributed by atoms with Crippen molar-refractivity contribution in [1.29, 1.82) is 0 Å². The normalized spacial score (nSPS) is 11.9. The number of aromatic amines is 1. The highest BCUT2D eigenvalue weighted by molar-refractivity contribution is 5.92. The molecule has 2 heterocycles. The number of aromatic nitrogens is 4. The molecule has 2 N–H and O–H groups in total. The van der Waals surface area contributed by atoms with Gasteiger partial charge in [0.25, 0.3) is 11.5 Å². The van der Waals surface area contributed by atoms with Crippen molar-refractivity contribution in [2.75, 3.05) is 6.61 Å². The van der Waals surface area contributed by atoms with Crippen LogP contribution in [0, 0.1) is 0 Å². The number of ether oxygens (including phenoxy) is 1. The van der Waals surface area contributed by atoms with Crippen LogP contribution in [0.1, 0.15) is 29.3 Å². The Kier molecular flexibility index (Phi) is 5.56. The molecule has 0 bridgehead atoms. The molecule has 152 valence electrons. The number of nitrogens with one attached hydrogen (secondary N) is 2. The number of hydrogen-bond donors (Lipinski definition) is 2. The Bertz CT molecular complexity index is 1180. The second kappa shape index (κ2) is 8.60. The van der Waals surface area contributed by atoms with Crippen LogP contribution in [0.2, 0.25) is 0 Å². The maximum absolute atomic E-state index is 12.6. The van der Waals surface area contributed by atoms with E-state index in [1.54, 1.807) is 0 Å². The predicted octanol–water partition coefficient (Wildman–Crippen LogP) is 2.69. The number of imidazole rings is 1. The third kappa shape index (κ3) is 4.38. The second-order valence-corrected chi connectivity index (χ2v) is 6.78. The highest BCUT2D eigenvalue weighted by atomic mass is 16.5. The van der Waals surface area contributed by atoms with Crippen LogP contribution in [0.3, 0.4) is 0 Å². The Labute approximate surface area is 172 Å². The molecular formula is C22H21N5O3. The van der Waals surface area contributed by atoms with Crippen LogP contribution in [0.5, 0.6) is 5.75 Å². The van der Waals surface area contributed by atoms with Crippen LogP contribution < -0.4 is 15.6 Å². The fourth-order valence-electron chi connectivity index (χ4n) is 3.01. The number of carbonyl (C=O) groups is 1. The van der Waals surface area contributed by atoms with E-state index in [9.17, 15) is 9.59 Å². The molecule has 0 spiro atoms. The molecule has 0 unspecified atom stereocenters. The lowest BCUT2D eigenvalue weighted by Gasteiger charge is -2.12. The zero-order chi connectivity index (χ0) is 20.9. The first-order valence-electron chi connectivity index (χ1n) is 9.62. The molecule has 4 aromatic rings. The Balaban J connectivity index is 1.42. The number of fused-ring (bicyclic) bond motifs is 1. The maximum Gasteiger partial charge on any atom is 0.272 e. The fourth-order valence-corrected chi connectivity index (χ4v) is 3.01. The van der Waals surface area contributed by atoms with Gasteiger partial charge in [0.1, 0.15) is 23.9 Å². The third-order valence-electron chi connectivity index (χ3n) is 4.58. The van der Waals surface area contributed by atoms with Gasteiger partial charge in [0.2, 0.25) is 0 Å². The van der Waals surface area contributed by atoms with Crippen LogP contribution in [-0.2, 0) is 6.54 Å². The Morgan fingerprint density at radius 1 is 1.10 bits per heavy atom. The van der Waals surface area contributed by atoms with Gasteiger partial charge in [0.05, 0.1) is 23.6 Å². The molecule has 0 saturated heterocycles. The summed E-state index contributed by atoms with van der Waals surface area (Å²) < 4.78 is 6.83. The molecule has 0 radical (unpaired) electrons. The van der Waals surface area contributed by atoms with E-state index in [1.165, 1.54) is 16.8 Å². The van der Waals surface area contributed by atoms with E-state index in [2.05, 4.69) is 20.4 Å². The second-order valence-electron chi connectivity index (χ2n) is 6.78. The molecule has 1 atom stereocenters. The summed E-state index contributed by atoms with van der Waals surface area (Å²) in [7, 11) is 0. The van der Waals surface area contributed by atoms with E-state index in [4.69, 9.17) is 4.74 Å². The number of para-hydroxylation sites is 3. The van der Waals surface area contributed by atoms with Gasteiger partial charge >= 0.3 is 0 Å². The highest BCUT2D eigenvalue weighted by Gasteiger charge is 2.16. The van der Waals surface area contributed by atoms with Gasteiger partial charge in [-0.05, 0) is 37.3 Å². The minimum Gasteiger partial charge on any atom is -0.492 e. The first-order chi connectivity index (χ1) is 14.6. The summed E-state index contributed by atoms with van der Waals surface area (Å²) in [6.07, 6.45) is 0. The van der Waals surface area contributed by atoms with Gasteiger partial charge < -0.3 is 15.0 Å². The molecule has 1 amide bonds. The average molecular weight is 403 g/mol. The maximum atomic E-state index is 12.6. The molecule has 0 aliphatic carbocycles. The molecule has 8 nitrogen and oxygen atoms in total. The average Bonchev–Trinajstić information content (AvgIpc) is 3.20. The number of rotatable bonds is 7. The molecule has 0 saturated carbocycles. The van der Waals surface area contributed by atoms with Crippen LogP contribution in [-0.4, -0.2) is 32.3 Å².